The van der Waals surface area contributed by atoms with Crippen LogP contribution in [-0.4, -0.2) is 225 Å². The van der Waals surface area contributed by atoms with Gasteiger partial charge in [0.15, 0.2) is 23.1 Å². The number of nitrogen functional groups attached to an aromatic ring is 1. The molecule has 1 fully saturated rings. The summed E-state index contributed by atoms with van der Waals surface area (Å²) in [7, 11) is 0. The molecule has 128 heavy (non-hydrogen) atoms. The highest BCUT2D eigenvalue weighted by Crippen LogP contribution is 2.26. The number of carbonyl (C=O) groups is 19. The number of para-hydroxylation sites is 2. The third kappa shape index (κ3) is 42.8. The predicted molar refractivity (Wildman–Crippen MR) is 454 cm³/mol. The zero-order chi connectivity index (χ0) is 96.1. The number of hydrogen-bond acceptors (Lipinski definition) is 27. The lowest BCUT2D eigenvalue weighted by Crippen LogP contribution is -2.57. The van der Waals surface area contributed by atoms with Crippen molar-refractivity contribution in [1.82, 2.24) is 58.2 Å². The summed E-state index contributed by atoms with van der Waals surface area (Å²) in [6.07, 6.45) is 5.52. The normalized spacial score (nSPS) is 20.2. The van der Waals surface area contributed by atoms with Crippen molar-refractivity contribution < 1.29 is 135 Å². The Bertz CT molecular complexity index is 4350. The SMILES string of the molecule is C=CCCCCCC(C)OC(=O)CCCC[C@@H]1NC(=O)CNC(=O)[C@@H](NC(=O)[C@H](CC(=O)O)CC(=O)[C@@H](CC(N)=O)NC(=O)[C@H](Cc2c[nH]c3ccccc23)NC(=O)CCCCCCCCCC)[C@@H](C)OC(=O)[C@H](CC(=O)c2ccccc2N)NC(=O)[C@H](C(C)CC(=O)O)CC(=O)[C@@H](CO)NC(=O)CNC(=O)[C@H](C)NC(=O)[C@@H](C)NC(=O)[C@H](C)CC1=O.O=C=O.O=C=O. The average molecular weight is 1800 g/mol. The largest absolute Gasteiger partial charge is 0.481 e. The van der Waals surface area contributed by atoms with Crippen molar-refractivity contribution in [2.45, 2.75) is 276 Å². The first-order chi connectivity index (χ1) is 60.7. The standard InChI is InChI=1S/C85H123N13O24.2CO2/c1-9-11-13-15-16-17-19-21-34-71(105)94-63(38-55-44-88-60-32-25-23-29-56(55)60)83(118)96-62(43-70(87)104)68(102)39-54(40-75(110)111)81(116)98-77-53(8)122-85(120)64(42-66(100)57-30-22-24-31-59(57)86)97-82(117)58(48(3)37-74(108)109)41-69(103)65(47-99)95-73(107)45-89-79(114)51(6)92-80(115)52(7)91-78(113)49(4)36-67(101)61(93-72(106)46-90-84(77)119)33-26-27-35-76(112)121-50(5)28-20-18-14-12-10-2;2*2-1-3/h10,22-25,29-32,44,48-54,58,61-65,77,88,99H,2,9,11-21,26-28,33-43,45-47,86H2,1,3-8H3,(H2,87,104)(H,89,114)(H,90,119)(H,91,113)(H,92,115)(H,93,106)(H,94,105)(H,95,107)(H,96,118)(H,97,117)(H,98,116)(H,108,109)(H,110,111);;/t48?,49-,50?,51+,52-,53-,54+,58+,61+,62-,63+,64+,65-,77+;;/m1../s1. The minimum absolute atomic E-state index is 0.0149. The highest BCUT2D eigenvalue weighted by Gasteiger charge is 2.41. The zero-order valence-electron chi connectivity index (χ0n) is 73.3. The minimum atomic E-state index is -2.34. The number of aromatic nitrogens is 1. The smallest absolute Gasteiger partial charge is 0.373 e. The first kappa shape index (κ1) is 111. The molecule has 2 heterocycles. The van der Waals surface area contributed by atoms with Gasteiger partial charge in [0.1, 0.15) is 42.4 Å². The molecule has 11 amide bonds. The van der Waals surface area contributed by atoms with Crippen molar-refractivity contribution in [3.05, 3.63) is 78.5 Å². The molecular formula is C87H123N13O28. The molecule has 1 aromatic heterocycles. The number of aromatic amines is 1. The molecule has 0 radical (unpaired) electrons. The maximum absolute atomic E-state index is 15.0. The fourth-order valence-corrected chi connectivity index (χ4v) is 13.7. The van der Waals surface area contributed by atoms with E-state index in [1.165, 1.54) is 52.0 Å². The second-order valence-corrected chi connectivity index (χ2v) is 31.4. The van der Waals surface area contributed by atoms with Gasteiger partial charge in [-0.1, -0.05) is 115 Å². The Morgan fingerprint density at radius 2 is 1.19 bits per heavy atom. The van der Waals surface area contributed by atoms with Crippen LogP contribution in [0.2, 0.25) is 0 Å². The summed E-state index contributed by atoms with van der Waals surface area (Å²) in [4.78, 5) is 300. The average Bonchev–Trinajstić information content (AvgIpc) is 1.42. The molecule has 2 unspecified atom stereocenters. The van der Waals surface area contributed by atoms with E-state index >= 15 is 0 Å². The number of ether oxygens (including phenoxy) is 2. The fraction of sp³-hybridized carbons (Fsp3) is 0.575. The second-order valence-electron chi connectivity index (χ2n) is 31.4. The van der Waals surface area contributed by atoms with E-state index in [-0.39, 0.29) is 62.1 Å². The molecular weight excluding hydrogens is 1680 g/mol. The first-order valence-electron chi connectivity index (χ1n) is 42.5. The lowest BCUT2D eigenvalue weighted by molar-refractivity contribution is -0.193. The molecule has 18 N–H and O–H groups in total. The number of amides is 11. The van der Waals surface area contributed by atoms with Gasteiger partial charge in [0, 0.05) is 91.6 Å². The first-order valence-corrected chi connectivity index (χ1v) is 42.5. The Hall–Kier alpha value is -13.0. The summed E-state index contributed by atoms with van der Waals surface area (Å²) in [5, 5.41) is 55.2. The highest BCUT2D eigenvalue weighted by atomic mass is 16.5. The van der Waals surface area contributed by atoms with Crippen LogP contribution in [0.3, 0.4) is 0 Å². The van der Waals surface area contributed by atoms with Crippen molar-refractivity contribution in [3.8, 4) is 0 Å². The van der Waals surface area contributed by atoms with Crippen molar-refractivity contribution in [2.75, 3.05) is 25.4 Å². The number of esters is 2. The number of ketones is 4. The van der Waals surface area contributed by atoms with Crippen LogP contribution in [0.25, 0.3) is 10.9 Å². The number of fused-ring (bicyclic) bond motifs is 1. The van der Waals surface area contributed by atoms with Crippen LogP contribution in [0, 0.1) is 23.7 Å². The number of carboxylic acid groups (broad SMARTS) is 2. The van der Waals surface area contributed by atoms with Crippen LogP contribution in [0.4, 0.5) is 5.69 Å². The van der Waals surface area contributed by atoms with Crippen LogP contribution in [-0.2, 0) is 121 Å². The van der Waals surface area contributed by atoms with Gasteiger partial charge in [-0.05, 0) is 102 Å². The van der Waals surface area contributed by atoms with Gasteiger partial charge < -0.3 is 94.4 Å². The molecule has 1 aliphatic rings. The summed E-state index contributed by atoms with van der Waals surface area (Å²) in [5.41, 5.74) is 12.7. The molecule has 14 atom stereocenters. The molecule has 41 heteroatoms. The summed E-state index contributed by atoms with van der Waals surface area (Å²) in [5.74, 6) is -27.9. The summed E-state index contributed by atoms with van der Waals surface area (Å²) in [6, 6.07) is -1.58. The molecule has 704 valence electrons. The van der Waals surface area contributed by atoms with Crippen LogP contribution < -0.4 is 64.6 Å². The second kappa shape index (κ2) is 60.6. The zero-order valence-corrected chi connectivity index (χ0v) is 73.3. The number of aliphatic hydroxyl groups excluding tert-OH is 1. The third-order valence-corrected chi connectivity index (χ3v) is 20.8. The van der Waals surface area contributed by atoms with Crippen LogP contribution in [0.1, 0.15) is 225 Å². The molecule has 41 nitrogen and oxygen atoms in total. The Kier molecular flexibility index (Phi) is 52.5. The molecule has 0 saturated carbocycles. The monoisotopic (exact) mass is 1800 g/mol. The van der Waals surface area contributed by atoms with E-state index in [1.807, 2.05) is 0 Å². The van der Waals surface area contributed by atoms with E-state index in [1.54, 1.807) is 43.5 Å². The van der Waals surface area contributed by atoms with E-state index < -0.39 is 261 Å². The van der Waals surface area contributed by atoms with Gasteiger partial charge in [-0.25, -0.2) is 4.79 Å². The molecule has 4 rings (SSSR count). The Morgan fingerprint density at radius 1 is 0.617 bits per heavy atom. The number of nitrogens with two attached hydrogens (primary N) is 2. The number of unbranched alkanes of at least 4 members (excludes halogenated alkanes) is 11. The van der Waals surface area contributed by atoms with E-state index in [9.17, 15) is 106 Å². The molecule has 1 saturated heterocycles. The number of aliphatic hydroxyl groups is 1. The number of benzene rings is 2. The van der Waals surface area contributed by atoms with Gasteiger partial charge >= 0.3 is 36.2 Å². The number of carboxylic acids is 2. The van der Waals surface area contributed by atoms with Gasteiger partial charge in [-0.3, -0.25) is 86.3 Å². The third-order valence-electron chi connectivity index (χ3n) is 20.8. The number of hydrogen-bond donors (Lipinski definition) is 16. The van der Waals surface area contributed by atoms with E-state index in [0.29, 0.717) is 35.7 Å². The number of anilines is 1. The van der Waals surface area contributed by atoms with Gasteiger partial charge in [0.05, 0.1) is 56.6 Å². The molecule has 1 aliphatic heterocycles. The molecule has 0 aliphatic carbocycles. The van der Waals surface area contributed by atoms with Crippen molar-refractivity contribution in [3.63, 3.8) is 0 Å². The number of rotatable bonds is 42. The van der Waals surface area contributed by atoms with Gasteiger partial charge in [-0.2, -0.15) is 19.2 Å². The van der Waals surface area contributed by atoms with Crippen LogP contribution in [0.15, 0.2) is 67.4 Å². The molecule has 2 aromatic carbocycles. The van der Waals surface area contributed by atoms with Gasteiger partial charge in [0.2, 0.25) is 65.0 Å². The fourth-order valence-electron chi connectivity index (χ4n) is 13.7. The van der Waals surface area contributed by atoms with Crippen molar-refractivity contribution in [1.29, 1.82) is 0 Å². The number of nitrogens with one attached hydrogen (secondary N) is 11. The maximum atomic E-state index is 15.0. The molecule has 0 bridgehead atoms. The number of carbonyl (C=O) groups excluding carboxylic acids is 21. The number of primary amides is 1. The number of aliphatic carboxylic acids is 2. The predicted octanol–water partition coefficient (Wildman–Crippen LogP) is 1.85. The maximum Gasteiger partial charge on any atom is 0.373 e. The number of allylic oxidation sites excluding steroid dienone is 1. The topological polar surface area (TPSA) is 660 Å². The Morgan fingerprint density at radius 3 is 1.80 bits per heavy atom. The van der Waals surface area contributed by atoms with E-state index in [2.05, 4.69) is 71.7 Å². The molecule has 0 spiro atoms. The highest BCUT2D eigenvalue weighted by molar-refractivity contribution is 6.05. The van der Waals surface area contributed by atoms with Crippen LogP contribution in [0.5, 0.6) is 0 Å². The number of Topliss-reactive ketones (excluding diaryl/α,β-unsaturated/α-hetero) is 4. The Labute approximate surface area is 740 Å². The van der Waals surface area contributed by atoms with Crippen molar-refractivity contribution in [2.24, 2.45) is 29.4 Å². The van der Waals surface area contributed by atoms with E-state index in [0.717, 1.165) is 71.1 Å². The van der Waals surface area contributed by atoms with E-state index in [4.69, 9.17) is 40.1 Å². The number of H-pyrrole nitrogens is 1. The quantitative estimate of drug-likeness (QED) is 0.0126. The lowest BCUT2D eigenvalue weighted by Gasteiger charge is -2.29. The summed E-state index contributed by atoms with van der Waals surface area (Å²) >= 11 is 0. The van der Waals surface area contributed by atoms with Gasteiger partial charge in [0.25, 0.3) is 0 Å². The lowest BCUT2D eigenvalue weighted by atomic mass is 9.84. The minimum Gasteiger partial charge on any atom is -0.481 e. The Balaban J connectivity index is 0.00000897. The van der Waals surface area contributed by atoms with Crippen LogP contribution >= 0.6 is 0 Å². The summed E-state index contributed by atoms with van der Waals surface area (Å²) in [6.45, 7) is 10.4. The van der Waals surface area contributed by atoms with Gasteiger partial charge in [-0.15, -0.1) is 6.58 Å². The molecule has 3 aromatic rings. The summed E-state index contributed by atoms with van der Waals surface area (Å²) < 4.78 is 11.4. The number of cyclic esters (lactones) is 1. The van der Waals surface area contributed by atoms with Crippen molar-refractivity contribution >= 4 is 141 Å².